The van der Waals surface area contributed by atoms with Crippen molar-refractivity contribution in [2.75, 3.05) is 23.7 Å². The Balaban J connectivity index is 1.43. The summed E-state index contributed by atoms with van der Waals surface area (Å²) in [5.41, 5.74) is 2.76. The van der Waals surface area contributed by atoms with Gasteiger partial charge in [-0.05, 0) is 36.6 Å². The Morgan fingerprint density at radius 3 is 2.37 bits per heavy atom. The number of aromatic nitrogens is 1. The van der Waals surface area contributed by atoms with E-state index in [1.165, 1.54) is 25.3 Å². The van der Waals surface area contributed by atoms with Crippen LogP contribution in [-0.2, 0) is 11.2 Å². The number of aryl methyl sites for hydroxylation is 1. The first-order valence-corrected chi connectivity index (χ1v) is 10.6. The average molecular weight is 411 g/mol. The quantitative estimate of drug-likeness (QED) is 0.706. The van der Waals surface area contributed by atoms with E-state index in [0.717, 1.165) is 24.9 Å². The fraction of sp³-hybridized carbons (Fsp3) is 0.435. The lowest BCUT2D eigenvalue weighted by Gasteiger charge is -2.32. The fourth-order valence-corrected chi connectivity index (χ4v) is 3.41. The van der Waals surface area contributed by atoms with Crippen LogP contribution in [0, 0.1) is 0 Å². The number of pyridine rings is 1. The Morgan fingerprint density at radius 1 is 1.07 bits per heavy atom. The lowest BCUT2D eigenvalue weighted by atomic mass is 10.1. The zero-order valence-corrected chi connectivity index (χ0v) is 17.7. The Kier molecular flexibility index (Phi) is 7.65. The second-order valence-corrected chi connectivity index (χ2v) is 7.60. The number of rotatable bonds is 7. The summed E-state index contributed by atoms with van der Waals surface area (Å²) in [5, 5.41) is 5.66. The standard InChI is InChI=1S/C23H30N4O3/c1-3-4-5-18-6-8-19(9-7-18)26-23(29)27-14-12-21(13-15-27)30-22-11-10-20(16-24-22)25-17(2)28/h6-11,16,21H,3-5,12-15H2,1-2H3,(H,25,28)(H,26,29). The molecule has 1 saturated heterocycles. The van der Waals surface area contributed by atoms with Crippen LogP contribution in [-0.4, -0.2) is 41.0 Å². The monoisotopic (exact) mass is 410 g/mol. The number of carbonyl (C=O) groups is 2. The molecule has 1 aromatic heterocycles. The molecule has 0 aliphatic carbocycles. The smallest absolute Gasteiger partial charge is 0.321 e. The van der Waals surface area contributed by atoms with Crippen molar-refractivity contribution >= 4 is 23.3 Å². The number of piperidine rings is 1. The number of likely N-dealkylation sites (tertiary alicyclic amines) is 1. The lowest BCUT2D eigenvalue weighted by Crippen LogP contribution is -2.43. The highest BCUT2D eigenvalue weighted by Crippen LogP contribution is 2.20. The van der Waals surface area contributed by atoms with E-state index < -0.39 is 0 Å². The Labute approximate surface area is 177 Å². The molecule has 0 spiro atoms. The molecule has 1 fully saturated rings. The summed E-state index contributed by atoms with van der Waals surface area (Å²) in [6.07, 6.45) is 6.52. The third-order valence-corrected chi connectivity index (χ3v) is 5.10. The molecule has 30 heavy (non-hydrogen) atoms. The highest BCUT2D eigenvalue weighted by Gasteiger charge is 2.24. The predicted octanol–water partition coefficient (Wildman–Crippen LogP) is 4.46. The molecule has 2 heterocycles. The van der Waals surface area contributed by atoms with Gasteiger partial charge < -0.3 is 20.3 Å². The maximum absolute atomic E-state index is 12.5. The maximum atomic E-state index is 12.5. The first kappa shape index (κ1) is 21.6. The van der Waals surface area contributed by atoms with Crippen molar-refractivity contribution in [2.45, 2.75) is 52.1 Å². The molecule has 3 rings (SSSR count). The van der Waals surface area contributed by atoms with Crippen LogP contribution in [0.1, 0.15) is 45.1 Å². The number of carbonyl (C=O) groups excluding carboxylic acids is 2. The first-order chi connectivity index (χ1) is 14.5. The minimum absolute atomic E-state index is 0.0195. The van der Waals surface area contributed by atoms with Gasteiger partial charge in [-0.3, -0.25) is 4.79 Å². The van der Waals surface area contributed by atoms with Gasteiger partial charge in [0.15, 0.2) is 0 Å². The van der Waals surface area contributed by atoms with Crippen LogP contribution in [0.3, 0.4) is 0 Å². The lowest BCUT2D eigenvalue weighted by molar-refractivity contribution is -0.114. The van der Waals surface area contributed by atoms with Crippen LogP contribution in [0.25, 0.3) is 0 Å². The summed E-state index contributed by atoms with van der Waals surface area (Å²) >= 11 is 0. The number of urea groups is 1. The number of nitrogens with one attached hydrogen (secondary N) is 2. The third kappa shape index (κ3) is 6.47. The number of hydrogen-bond donors (Lipinski definition) is 2. The Bertz CT molecular complexity index is 829. The maximum Gasteiger partial charge on any atom is 0.321 e. The van der Waals surface area contributed by atoms with Gasteiger partial charge in [0, 0.05) is 44.6 Å². The van der Waals surface area contributed by atoms with Gasteiger partial charge in [0.25, 0.3) is 0 Å². The summed E-state index contributed by atoms with van der Waals surface area (Å²) < 4.78 is 5.92. The number of nitrogens with zero attached hydrogens (tertiary/aromatic N) is 2. The molecular weight excluding hydrogens is 380 g/mol. The second-order valence-electron chi connectivity index (χ2n) is 7.60. The normalized spacial score (nSPS) is 14.3. The molecule has 7 nitrogen and oxygen atoms in total. The molecule has 0 bridgehead atoms. The van der Waals surface area contributed by atoms with E-state index in [9.17, 15) is 9.59 Å². The molecule has 0 saturated carbocycles. The highest BCUT2D eigenvalue weighted by molar-refractivity contribution is 5.89. The minimum Gasteiger partial charge on any atom is -0.474 e. The van der Waals surface area contributed by atoms with Gasteiger partial charge in [-0.2, -0.15) is 0 Å². The van der Waals surface area contributed by atoms with E-state index in [2.05, 4.69) is 34.7 Å². The summed E-state index contributed by atoms with van der Waals surface area (Å²) in [4.78, 5) is 29.7. The molecule has 0 unspecified atom stereocenters. The van der Waals surface area contributed by atoms with Gasteiger partial charge in [-0.1, -0.05) is 25.5 Å². The van der Waals surface area contributed by atoms with Crippen LogP contribution in [0.2, 0.25) is 0 Å². The van der Waals surface area contributed by atoms with Crippen LogP contribution in [0.5, 0.6) is 5.88 Å². The summed E-state index contributed by atoms with van der Waals surface area (Å²) in [5.74, 6) is 0.388. The van der Waals surface area contributed by atoms with Crippen LogP contribution in [0.4, 0.5) is 16.2 Å². The molecule has 1 aliphatic heterocycles. The van der Waals surface area contributed by atoms with Crippen LogP contribution >= 0.6 is 0 Å². The number of anilines is 2. The Morgan fingerprint density at radius 2 is 1.77 bits per heavy atom. The SMILES string of the molecule is CCCCc1ccc(NC(=O)N2CCC(Oc3ccc(NC(C)=O)cn3)CC2)cc1. The molecule has 1 aliphatic rings. The second kappa shape index (κ2) is 10.6. The topological polar surface area (TPSA) is 83.6 Å². The molecule has 3 amide bonds. The number of hydrogen-bond acceptors (Lipinski definition) is 4. The molecule has 7 heteroatoms. The van der Waals surface area contributed by atoms with Crippen molar-refractivity contribution in [3.8, 4) is 5.88 Å². The number of amides is 3. The summed E-state index contributed by atoms with van der Waals surface area (Å²) in [6.45, 7) is 4.91. The largest absolute Gasteiger partial charge is 0.474 e. The van der Waals surface area contributed by atoms with Crippen molar-refractivity contribution in [1.82, 2.24) is 9.88 Å². The van der Waals surface area contributed by atoms with E-state index in [0.29, 0.717) is 24.7 Å². The molecule has 0 radical (unpaired) electrons. The average Bonchev–Trinajstić information content (AvgIpc) is 2.75. The van der Waals surface area contributed by atoms with Gasteiger partial charge >= 0.3 is 6.03 Å². The number of ether oxygens (including phenoxy) is 1. The Hall–Kier alpha value is -3.09. The number of unbranched alkanes of at least 4 members (excludes halogenated alkanes) is 1. The van der Waals surface area contributed by atoms with Crippen molar-refractivity contribution in [1.29, 1.82) is 0 Å². The van der Waals surface area contributed by atoms with E-state index in [-0.39, 0.29) is 18.0 Å². The third-order valence-electron chi connectivity index (χ3n) is 5.10. The van der Waals surface area contributed by atoms with Crippen LogP contribution in [0.15, 0.2) is 42.6 Å². The molecule has 2 aromatic rings. The molecular formula is C23H30N4O3. The summed E-state index contributed by atoms with van der Waals surface area (Å²) in [7, 11) is 0. The zero-order valence-electron chi connectivity index (χ0n) is 17.7. The van der Waals surface area contributed by atoms with Gasteiger partial charge in [-0.15, -0.1) is 0 Å². The van der Waals surface area contributed by atoms with E-state index in [4.69, 9.17) is 4.74 Å². The van der Waals surface area contributed by atoms with Crippen molar-refractivity contribution in [2.24, 2.45) is 0 Å². The van der Waals surface area contributed by atoms with E-state index in [1.807, 2.05) is 17.0 Å². The predicted molar refractivity (Wildman–Crippen MR) is 118 cm³/mol. The molecule has 2 N–H and O–H groups in total. The van der Waals surface area contributed by atoms with E-state index in [1.54, 1.807) is 18.3 Å². The highest BCUT2D eigenvalue weighted by atomic mass is 16.5. The van der Waals surface area contributed by atoms with Crippen molar-refractivity contribution < 1.29 is 14.3 Å². The number of benzene rings is 1. The van der Waals surface area contributed by atoms with E-state index >= 15 is 0 Å². The van der Waals surface area contributed by atoms with Crippen molar-refractivity contribution in [3.05, 3.63) is 48.2 Å². The zero-order chi connectivity index (χ0) is 21.3. The summed E-state index contributed by atoms with van der Waals surface area (Å²) in [6, 6.07) is 11.5. The van der Waals surface area contributed by atoms with Gasteiger partial charge in [0.05, 0.1) is 11.9 Å². The fourth-order valence-electron chi connectivity index (χ4n) is 3.41. The van der Waals surface area contributed by atoms with Gasteiger partial charge in [0.2, 0.25) is 11.8 Å². The minimum atomic E-state index is -0.136. The van der Waals surface area contributed by atoms with Gasteiger partial charge in [-0.25, -0.2) is 9.78 Å². The molecule has 1 aromatic carbocycles. The first-order valence-electron chi connectivity index (χ1n) is 10.6. The molecule has 0 atom stereocenters. The van der Waals surface area contributed by atoms with Crippen molar-refractivity contribution in [3.63, 3.8) is 0 Å². The van der Waals surface area contributed by atoms with Crippen LogP contribution < -0.4 is 15.4 Å². The molecule has 160 valence electrons. The van der Waals surface area contributed by atoms with Gasteiger partial charge in [0.1, 0.15) is 6.10 Å².